The van der Waals surface area contributed by atoms with E-state index in [9.17, 15) is 0 Å². The van der Waals surface area contributed by atoms with Gasteiger partial charge in [0.15, 0.2) is 0 Å². The number of rotatable bonds is 4. The molecule has 1 heterocycles. The summed E-state index contributed by atoms with van der Waals surface area (Å²) in [6.45, 7) is 6.26. The molecule has 0 fully saturated rings. The third-order valence-electron chi connectivity index (χ3n) is 4.36. The molecule has 0 saturated carbocycles. The highest BCUT2D eigenvalue weighted by molar-refractivity contribution is 5.86. The second-order valence-corrected chi connectivity index (χ2v) is 5.81. The van der Waals surface area contributed by atoms with Crippen molar-refractivity contribution in [1.82, 2.24) is 9.97 Å². The van der Waals surface area contributed by atoms with Crippen molar-refractivity contribution in [3.05, 3.63) is 70.8 Å². The predicted octanol–water partition coefficient (Wildman–Crippen LogP) is 4.59. The normalized spacial score (nSPS) is 11.0. The molecule has 0 aliphatic rings. The van der Waals surface area contributed by atoms with Gasteiger partial charge in [-0.05, 0) is 60.6 Å². The highest BCUT2D eigenvalue weighted by atomic mass is 14.9. The topological polar surface area (TPSA) is 25.8 Å². The van der Waals surface area contributed by atoms with E-state index in [1.807, 2.05) is 13.1 Å². The largest absolute Gasteiger partial charge is 0.241 e. The van der Waals surface area contributed by atoms with Gasteiger partial charge in [0.1, 0.15) is 5.82 Å². The summed E-state index contributed by atoms with van der Waals surface area (Å²) in [7, 11) is 0. The maximum atomic E-state index is 4.47. The molecule has 0 atom stereocenters. The van der Waals surface area contributed by atoms with Crippen molar-refractivity contribution in [1.29, 1.82) is 0 Å². The lowest BCUT2D eigenvalue weighted by atomic mass is 9.93. The van der Waals surface area contributed by atoms with Gasteiger partial charge < -0.3 is 0 Å². The summed E-state index contributed by atoms with van der Waals surface area (Å²) in [5.74, 6) is 0.848. The molecule has 0 spiro atoms. The van der Waals surface area contributed by atoms with Crippen molar-refractivity contribution < 1.29 is 0 Å². The molecule has 2 nitrogen and oxygen atoms in total. The summed E-state index contributed by atoms with van der Waals surface area (Å²) in [6, 6.07) is 13.2. The van der Waals surface area contributed by atoms with E-state index in [4.69, 9.17) is 0 Å². The summed E-state index contributed by atoms with van der Waals surface area (Å²) in [5, 5.41) is 2.72. The third-order valence-corrected chi connectivity index (χ3v) is 4.36. The van der Waals surface area contributed by atoms with Crippen LogP contribution in [0.5, 0.6) is 0 Å². The summed E-state index contributed by atoms with van der Waals surface area (Å²) in [6.07, 6.45) is 5.09. The molecular weight excluding hydrogens is 268 g/mol. The van der Waals surface area contributed by atoms with Crippen LogP contribution < -0.4 is 0 Å². The van der Waals surface area contributed by atoms with Crippen molar-refractivity contribution >= 4 is 10.8 Å². The second-order valence-electron chi connectivity index (χ2n) is 5.81. The molecule has 0 radical (unpaired) electrons. The number of benzene rings is 2. The standard InChI is InChI=1S/C20H22N2/c1-4-19-17(10-9-16-7-5-6-8-20(16)19)11-12-18-13-21-15(3)22-14(18)2/h5-10,13H,4,11-12H2,1-3H3. The third kappa shape index (κ3) is 2.87. The van der Waals surface area contributed by atoms with Crippen LogP contribution in [0.15, 0.2) is 42.6 Å². The van der Waals surface area contributed by atoms with Gasteiger partial charge in [-0.2, -0.15) is 0 Å². The Morgan fingerprint density at radius 3 is 2.45 bits per heavy atom. The monoisotopic (exact) mass is 290 g/mol. The number of hydrogen-bond acceptors (Lipinski definition) is 2. The number of nitrogens with zero attached hydrogens (tertiary/aromatic N) is 2. The predicted molar refractivity (Wildman–Crippen MR) is 92.2 cm³/mol. The number of aryl methyl sites for hydroxylation is 5. The fourth-order valence-electron chi connectivity index (χ4n) is 3.16. The fourth-order valence-corrected chi connectivity index (χ4v) is 3.16. The van der Waals surface area contributed by atoms with Crippen molar-refractivity contribution in [2.75, 3.05) is 0 Å². The Balaban J connectivity index is 1.90. The minimum absolute atomic E-state index is 0.848. The van der Waals surface area contributed by atoms with E-state index in [1.54, 1.807) is 0 Å². The maximum Gasteiger partial charge on any atom is 0.125 e. The van der Waals surface area contributed by atoms with Crippen molar-refractivity contribution in [2.24, 2.45) is 0 Å². The Morgan fingerprint density at radius 1 is 0.909 bits per heavy atom. The molecule has 2 aromatic carbocycles. The molecule has 0 saturated heterocycles. The van der Waals surface area contributed by atoms with Crippen LogP contribution >= 0.6 is 0 Å². The molecule has 1 aromatic heterocycles. The zero-order valence-corrected chi connectivity index (χ0v) is 13.6. The summed E-state index contributed by atoms with van der Waals surface area (Å²) in [5.41, 5.74) is 5.28. The SMILES string of the molecule is CCc1c(CCc2cnc(C)nc2C)ccc2ccccc12. The fraction of sp³-hybridized carbons (Fsp3) is 0.300. The van der Waals surface area contributed by atoms with Gasteiger partial charge in [0, 0.05) is 11.9 Å². The lowest BCUT2D eigenvalue weighted by Gasteiger charge is -2.12. The summed E-state index contributed by atoms with van der Waals surface area (Å²) < 4.78 is 0. The maximum absolute atomic E-state index is 4.47. The molecular formula is C20H22N2. The van der Waals surface area contributed by atoms with Gasteiger partial charge in [-0.15, -0.1) is 0 Å². The Morgan fingerprint density at radius 2 is 1.68 bits per heavy atom. The first-order valence-corrected chi connectivity index (χ1v) is 7.97. The molecule has 22 heavy (non-hydrogen) atoms. The van der Waals surface area contributed by atoms with E-state index >= 15 is 0 Å². The molecule has 0 amide bonds. The van der Waals surface area contributed by atoms with Gasteiger partial charge in [0.05, 0.1) is 0 Å². The van der Waals surface area contributed by atoms with Crippen molar-refractivity contribution in [2.45, 2.75) is 40.0 Å². The first-order chi connectivity index (χ1) is 10.7. The van der Waals surface area contributed by atoms with Gasteiger partial charge in [0.2, 0.25) is 0 Å². The summed E-state index contributed by atoms with van der Waals surface area (Å²) >= 11 is 0. The minimum atomic E-state index is 0.848. The van der Waals surface area contributed by atoms with E-state index < -0.39 is 0 Å². The highest BCUT2D eigenvalue weighted by Gasteiger charge is 2.08. The van der Waals surface area contributed by atoms with Crippen LogP contribution in [0.3, 0.4) is 0 Å². The highest BCUT2D eigenvalue weighted by Crippen LogP contribution is 2.24. The second kappa shape index (κ2) is 6.27. The molecule has 0 aliphatic carbocycles. The number of fused-ring (bicyclic) bond motifs is 1. The average molecular weight is 290 g/mol. The smallest absolute Gasteiger partial charge is 0.125 e. The zero-order chi connectivity index (χ0) is 15.5. The average Bonchev–Trinajstić information content (AvgIpc) is 2.53. The van der Waals surface area contributed by atoms with Gasteiger partial charge in [-0.25, -0.2) is 9.97 Å². The lowest BCUT2D eigenvalue weighted by Crippen LogP contribution is -2.02. The van der Waals surface area contributed by atoms with Gasteiger partial charge in [-0.3, -0.25) is 0 Å². The zero-order valence-electron chi connectivity index (χ0n) is 13.6. The first-order valence-electron chi connectivity index (χ1n) is 7.97. The van der Waals surface area contributed by atoms with Crippen LogP contribution in [0.1, 0.15) is 35.1 Å². The van der Waals surface area contributed by atoms with Crippen LogP contribution in [0.25, 0.3) is 10.8 Å². The van der Waals surface area contributed by atoms with Crippen LogP contribution in [0.4, 0.5) is 0 Å². The molecule has 0 aliphatic heterocycles. The van der Waals surface area contributed by atoms with Crippen molar-refractivity contribution in [3.63, 3.8) is 0 Å². The Hall–Kier alpha value is -2.22. The number of hydrogen-bond donors (Lipinski definition) is 0. The van der Waals surface area contributed by atoms with Crippen LogP contribution in [0, 0.1) is 13.8 Å². The molecule has 2 heteroatoms. The molecule has 0 bridgehead atoms. The van der Waals surface area contributed by atoms with Crippen LogP contribution in [-0.2, 0) is 19.3 Å². The minimum Gasteiger partial charge on any atom is -0.241 e. The van der Waals surface area contributed by atoms with Crippen LogP contribution in [-0.4, -0.2) is 9.97 Å². The molecule has 0 N–H and O–H groups in total. The lowest BCUT2D eigenvalue weighted by molar-refractivity contribution is 0.881. The van der Waals surface area contributed by atoms with E-state index in [2.05, 4.69) is 60.2 Å². The Kier molecular flexibility index (Phi) is 4.19. The molecule has 112 valence electrons. The van der Waals surface area contributed by atoms with Crippen LogP contribution in [0.2, 0.25) is 0 Å². The van der Waals surface area contributed by atoms with E-state index in [0.717, 1.165) is 30.8 Å². The van der Waals surface area contributed by atoms with Gasteiger partial charge >= 0.3 is 0 Å². The quantitative estimate of drug-likeness (QED) is 0.702. The summed E-state index contributed by atoms with van der Waals surface area (Å²) in [4.78, 5) is 8.80. The molecule has 0 unspecified atom stereocenters. The molecule has 3 rings (SSSR count). The van der Waals surface area contributed by atoms with E-state index in [0.29, 0.717) is 0 Å². The van der Waals surface area contributed by atoms with Gasteiger partial charge in [-0.1, -0.05) is 43.3 Å². The Bertz CT molecular complexity index is 806. The van der Waals surface area contributed by atoms with E-state index in [-0.39, 0.29) is 0 Å². The Labute approximate surface area is 132 Å². The van der Waals surface area contributed by atoms with E-state index in [1.165, 1.54) is 27.5 Å². The number of aromatic nitrogens is 2. The molecule has 3 aromatic rings. The van der Waals surface area contributed by atoms with Gasteiger partial charge in [0.25, 0.3) is 0 Å². The first kappa shape index (κ1) is 14.7. The van der Waals surface area contributed by atoms with Crippen molar-refractivity contribution in [3.8, 4) is 0 Å².